The van der Waals surface area contributed by atoms with E-state index in [9.17, 15) is 0 Å². The topological polar surface area (TPSA) is 25.8 Å². The van der Waals surface area contributed by atoms with Gasteiger partial charge in [-0.3, -0.25) is 9.97 Å². The van der Waals surface area contributed by atoms with Crippen molar-refractivity contribution >= 4 is 0 Å². The van der Waals surface area contributed by atoms with Crippen LogP contribution in [0.15, 0.2) is 243 Å². The number of pyridine rings is 2. The highest BCUT2D eigenvalue weighted by molar-refractivity contribution is 5.99. The van der Waals surface area contributed by atoms with Crippen molar-refractivity contribution in [3.63, 3.8) is 0 Å². The summed E-state index contributed by atoms with van der Waals surface area (Å²) in [6.45, 7) is 9.26. The van der Waals surface area contributed by atoms with E-state index in [4.69, 9.17) is 9.97 Å². The van der Waals surface area contributed by atoms with Gasteiger partial charge in [-0.05, 0) is 187 Å². The van der Waals surface area contributed by atoms with Gasteiger partial charge in [0, 0.05) is 23.5 Å². The molecule has 2 aromatic heterocycles. The van der Waals surface area contributed by atoms with E-state index < -0.39 is 0 Å². The third-order valence-electron chi connectivity index (χ3n) is 14.1. The fourth-order valence-electron chi connectivity index (χ4n) is 10.4. The molecule has 0 spiro atoms. The van der Waals surface area contributed by atoms with Gasteiger partial charge in [0.25, 0.3) is 0 Å². The first-order chi connectivity index (χ1) is 34.4. The van der Waals surface area contributed by atoms with Crippen LogP contribution in [-0.4, -0.2) is 9.97 Å². The summed E-state index contributed by atoms with van der Waals surface area (Å²) in [4.78, 5) is 9.53. The van der Waals surface area contributed by atoms with Gasteiger partial charge >= 0.3 is 0 Å². The highest BCUT2D eigenvalue weighted by Crippen LogP contribution is 2.48. The van der Waals surface area contributed by atoms with Crippen LogP contribution in [0.1, 0.15) is 22.3 Å². The molecule has 0 radical (unpaired) electrons. The van der Waals surface area contributed by atoms with Crippen LogP contribution >= 0.6 is 0 Å². The Morgan fingerprint density at radius 1 is 0.214 bits per heavy atom. The molecule has 9 aromatic carbocycles. The molecule has 0 saturated carbocycles. The maximum absolute atomic E-state index is 4.77. The van der Waals surface area contributed by atoms with Crippen LogP contribution in [-0.2, 0) is 0 Å². The van der Waals surface area contributed by atoms with Gasteiger partial charge in [0.15, 0.2) is 0 Å². The zero-order chi connectivity index (χ0) is 47.6. The SMILES string of the molecule is Cc1c(C)c(-c2ccccc2-c2ccc(-c3ccccn3)cc2-c2cccc(-c3ccccc3)c2)c(C)c(C)c1-c1ccccc1-c1ccc(-c2ccccn2)cc1-c1cccc(-c2ccccc2)c1. The van der Waals surface area contributed by atoms with Crippen molar-refractivity contribution in [1.82, 2.24) is 9.97 Å². The van der Waals surface area contributed by atoms with E-state index in [1.54, 1.807) is 0 Å². The second-order valence-corrected chi connectivity index (χ2v) is 18.2. The normalized spacial score (nSPS) is 11.1. The second-order valence-electron chi connectivity index (χ2n) is 18.2. The van der Waals surface area contributed by atoms with Gasteiger partial charge in [0.05, 0.1) is 11.4 Å². The maximum Gasteiger partial charge on any atom is 0.0702 e. The molecule has 0 bridgehead atoms. The summed E-state index contributed by atoms with van der Waals surface area (Å²) in [7, 11) is 0. The standard InChI is InChI=1S/C68H52N2/c1-45-46(2)68(62-32-14-12-30-58(62)60-38-36-56(66-34-16-18-40-70-66)44-64(60)54-28-20-26-52(42-54)50-23-9-6-10-24-50)48(4)47(3)67(45)61-31-13-11-29-57(61)59-37-35-55(65-33-15-17-39-69-65)43-63(59)53-27-19-25-51(41-53)49-21-7-5-8-22-49/h5-44H,1-4H3. The van der Waals surface area contributed by atoms with Crippen LogP contribution in [0.5, 0.6) is 0 Å². The van der Waals surface area contributed by atoms with Gasteiger partial charge in [-0.15, -0.1) is 0 Å². The van der Waals surface area contributed by atoms with Crippen LogP contribution in [0.3, 0.4) is 0 Å². The highest BCUT2D eigenvalue weighted by atomic mass is 14.7. The summed E-state index contributed by atoms with van der Waals surface area (Å²) in [6.07, 6.45) is 3.74. The molecule has 0 saturated heterocycles. The maximum atomic E-state index is 4.77. The predicted molar refractivity (Wildman–Crippen MR) is 295 cm³/mol. The van der Waals surface area contributed by atoms with E-state index >= 15 is 0 Å². The van der Waals surface area contributed by atoms with Crippen molar-refractivity contribution in [2.75, 3.05) is 0 Å². The zero-order valence-corrected chi connectivity index (χ0v) is 40.0. The lowest BCUT2D eigenvalue weighted by Gasteiger charge is -2.25. The van der Waals surface area contributed by atoms with Gasteiger partial charge in [-0.2, -0.15) is 0 Å². The van der Waals surface area contributed by atoms with Crippen molar-refractivity contribution < 1.29 is 0 Å². The lowest BCUT2D eigenvalue weighted by atomic mass is 9.79. The molecule has 0 atom stereocenters. The Morgan fingerprint density at radius 3 is 0.929 bits per heavy atom. The molecular formula is C68H52N2. The van der Waals surface area contributed by atoms with E-state index in [1.165, 1.54) is 100 Å². The largest absolute Gasteiger partial charge is 0.256 e. The van der Waals surface area contributed by atoms with E-state index in [2.05, 4.69) is 246 Å². The monoisotopic (exact) mass is 896 g/mol. The quantitative estimate of drug-likeness (QED) is 0.137. The molecule has 2 heterocycles. The van der Waals surface area contributed by atoms with E-state index in [0.29, 0.717) is 0 Å². The number of aromatic nitrogens is 2. The zero-order valence-electron chi connectivity index (χ0n) is 40.0. The van der Waals surface area contributed by atoms with Crippen LogP contribution in [0.2, 0.25) is 0 Å². The first-order valence-corrected chi connectivity index (χ1v) is 24.1. The lowest BCUT2D eigenvalue weighted by molar-refractivity contribution is 1.25. The minimum atomic E-state index is 0.952. The Bertz CT molecular complexity index is 3400. The summed E-state index contributed by atoms with van der Waals surface area (Å²) >= 11 is 0. The minimum Gasteiger partial charge on any atom is -0.256 e. The molecule has 11 rings (SSSR count). The van der Waals surface area contributed by atoms with Gasteiger partial charge < -0.3 is 0 Å². The fraction of sp³-hybridized carbons (Fsp3) is 0.0588. The average molecular weight is 897 g/mol. The number of hydrogen-bond donors (Lipinski definition) is 0. The van der Waals surface area contributed by atoms with Crippen LogP contribution in [0.4, 0.5) is 0 Å². The van der Waals surface area contributed by atoms with Crippen molar-refractivity contribution in [1.29, 1.82) is 0 Å². The number of hydrogen-bond acceptors (Lipinski definition) is 2. The Labute approximate surface area is 412 Å². The molecule has 2 nitrogen and oxygen atoms in total. The van der Waals surface area contributed by atoms with Crippen LogP contribution < -0.4 is 0 Å². The molecule has 11 aromatic rings. The van der Waals surface area contributed by atoms with Crippen LogP contribution in [0, 0.1) is 27.7 Å². The lowest BCUT2D eigenvalue weighted by Crippen LogP contribution is -2.02. The van der Waals surface area contributed by atoms with Crippen LogP contribution in [0.25, 0.3) is 112 Å². The summed E-state index contributed by atoms with van der Waals surface area (Å²) < 4.78 is 0. The van der Waals surface area contributed by atoms with E-state index in [1.807, 2.05) is 24.5 Å². The highest BCUT2D eigenvalue weighted by Gasteiger charge is 2.24. The van der Waals surface area contributed by atoms with Crippen molar-refractivity contribution in [2.45, 2.75) is 27.7 Å². The Balaban J connectivity index is 1.07. The van der Waals surface area contributed by atoms with Crippen molar-refractivity contribution in [3.8, 4) is 112 Å². The third kappa shape index (κ3) is 8.35. The molecule has 70 heavy (non-hydrogen) atoms. The smallest absolute Gasteiger partial charge is 0.0702 e. The fourth-order valence-corrected chi connectivity index (χ4v) is 10.4. The first-order valence-electron chi connectivity index (χ1n) is 24.1. The summed E-state index contributed by atoms with van der Waals surface area (Å²) in [6, 6.07) is 83.1. The Kier molecular flexibility index (Phi) is 12.0. The Hall–Kier alpha value is -8.72. The van der Waals surface area contributed by atoms with E-state index in [-0.39, 0.29) is 0 Å². The van der Waals surface area contributed by atoms with Gasteiger partial charge in [-0.25, -0.2) is 0 Å². The third-order valence-corrected chi connectivity index (χ3v) is 14.1. The predicted octanol–water partition coefficient (Wildman–Crippen LogP) is 18.4. The minimum absolute atomic E-state index is 0.952. The molecule has 0 aliphatic rings. The molecule has 0 aliphatic carbocycles. The summed E-state index contributed by atoms with van der Waals surface area (Å²) in [5, 5.41) is 0. The van der Waals surface area contributed by atoms with Crippen molar-refractivity contribution in [3.05, 3.63) is 265 Å². The molecule has 0 fully saturated rings. The summed E-state index contributed by atoms with van der Waals surface area (Å²) in [5.41, 5.74) is 28.4. The number of benzene rings is 9. The molecule has 0 amide bonds. The average Bonchev–Trinajstić information content (AvgIpc) is 3.43. The molecule has 334 valence electrons. The molecule has 0 N–H and O–H groups in total. The number of rotatable bonds is 10. The molecule has 2 heteroatoms. The molecule has 0 aliphatic heterocycles. The number of nitrogens with zero attached hydrogens (tertiary/aromatic N) is 2. The van der Waals surface area contributed by atoms with Gasteiger partial charge in [-0.1, -0.05) is 182 Å². The molecule has 0 unspecified atom stereocenters. The van der Waals surface area contributed by atoms with Gasteiger partial charge in [0.1, 0.15) is 0 Å². The van der Waals surface area contributed by atoms with Crippen molar-refractivity contribution in [2.24, 2.45) is 0 Å². The van der Waals surface area contributed by atoms with E-state index in [0.717, 1.165) is 33.6 Å². The van der Waals surface area contributed by atoms with Gasteiger partial charge in [0.2, 0.25) is 0 Å². The Morgan fingerprint density at radius 2 is 0.543 bits per heavy atom. The second kappa shape index (κ2) is 19.1. The summed E-state index contributed by atoms with van der Waals surface area (Å²) in [5.74, 6) is 0. The first kappa shape index (κ1) is 43.8. The molecular weight excluding hydrogens is 845 g/mol.